The third kappa shape index (κ3) is 1.97. The highest BCUT2D eigenvalue weighted by Gasteiger charge is 2.29. The predicted molar refractivity (Wildman–Crippen MR) is 89.2 cm³/mol. The summed E-state index contributed by atoms with van der Waals surface area (Å²) in [6.07, 6.45) is 13.8. The molecule has 7 heteroatoms. The Labute approximate surface area is 138 Å². The average molecular weight is 319 g/mol. The summed E-state index contributed by atoms with van der Waals surface area (Å²) in [7, 11) is 0. The largest absolute Gasteiger partial charge is 0.285 e. The summed E-state index contributed by atoms with van der Waals surface area (Å²) in [5.74, 6) is 0.693. The Hall–Kier alpha value is -2.96. The molecule has 120 valence electrons. The molecule has 0 bridgehead atoms. The van der Waals surface area contributed by atoms with Gasteiger partial charge in [-0.1, -0.05) is 6.92 Å². The van der Waals surface area contributed by atoms with Gasteiger partial charge in [-0.15, -0.1) is 0 Å². The van der Waals surface area contributed by atoms with Gasteiger partial charge in [0.05, 0.1) is 47.7 Å². The molecular formula is C17H17N7. The summed E-state index contributed by atoms with van der Waals surface area (Å²) in [5.41, 5.74) is 4.66. The van der Waals surface area contributed by atoms with E-state index >= 15 is 0 Å². The lowest BCUT2D eigenvalue weighted by Crippen LogP contribution is -2.26. The maximum atomic E-state index is 4.85. The Bertz CT molecular complexity index is 995. The van der Waals surface area contributed by atoms with E-state index < -0.39 is 0 Å². The van der Waals surface area contributed by atoms with Gasteiger partial charge in [-0.05, 0) is 24.8 Å². The monoisotopic (exact) mass is 319 g/mol. The van der Waals surface area contributed by atoms with Gasteiger partial charge >= 0.3 is 0 Å². The first-order valence-electron chi connectivity index (χ1n) is 8.17. The second-order valence-electron chi connectivity index (χ2n) is 6.45. The molecule has 0 saturated heterocycles. The van der Waals surface area contributed by atoms with Crippen molar-refractivity contribution in [3.8, 4) is 22.5 Å². The van der Waals surface area contributed by atoms with E-state index in [9.17, 15) is 0 Å². The van der Waals surface area contributed by atoms with Crippen molar-refractivity contribution in [1.29, 1.82) is 0 Å². The molecular weight excluding hydrogens is 302 g/mol. The van der Waals surface area contributed by atoms with E-state index in [2.05, 4.69) is 38.2 Å². The van der Waals surface area contributed by atoms with Crippen LogP contribution in [0, 0.1) is 5.92 Å². The van der Waals surface area contributed by atoms with E-state index in [4.69, 9.17) is 4.98 Å². The quantitative estimate of drug-likeness (QED) is 0.630. The fourth-order valence-electron chi connectivity index (χ4n) is 3.35. The van der Waals surface area contributed by atoms with Crippen LogP contribution < -0.4 is 0 Å². The first-order chi connectivity index (χ1) is 11.8. The number of hydrogen-bond acceptors (Lipinski definition) is 4. The molecule has 2 unspecified atom stereocenters. The normalized spacial score (nSPS) is 20.4. The SMILES string of the molecule is CC1CCC1n1cc(-c2nc(-c3cn[nH]c3)cn3nccc23)cn1. The second-order valence-corrected chi connectivity index (χ2v) is 6.45. The Morgan fingerprint density at radius 1 is 1.12 bits per heavy atom. The summed E-state index contributed by atoms with van der Waals surface area (Å²) in [5, 5.41) is 15.8. The smallest absolute Gasteiger partial charge is 0.0999 e. The standard InChI is InChI=1S/C17H17N7/c1-11-2-3-15(11)23-9-13(8-21-23)17-16-4-5-20-24(16)10-14(22-17)12-6-18-19-7-12/h4-11,15H,2-3H2,1H3,(H,18,19). The number of hydrogen-bond donors (Lipinski definition) is 1. The third-order valence-corrected chi connectivity index (χ3v) is 4.97. The minimum absolute atomic E-state index is 0.511. The van der Waals surface area contributed by atoms with E-state index in [-0.39, 0.29) is 0 Å². The van der Waals surface area contributed by atoms with Crippen molar-refractivity contribution in [2.45, 2.75) is 25.8 Å². The molecule has 0 aromatic carbocycles. The number of H-pyrrole nitrogens is 1. The van der Waals surface area contributed by atoms with Crippen molar-refractivity contribution < 1.29 is 0 Å². The first kappa shape index (κ1) is 13.5. The maximum Gasteiger partial charge on any atom is 0.0999 e. The Morgan fingerprint density at radius 2 is 2.08 bits per heavy atom. The fourth-order valence-corrected chi connectivity index (χ4v) is 3.35. The van der Waals surface area contributed by atoms with Crippen molar-refractivity contribution in [2.24, 2.45) is 5.92 Å². The summed E-state index contributed by atoms with van der Waals surface area (Å²) in [4.78, 5) is 4.85. The van der Waals surface area contributed by atoms with Crippen LogP contribution in [0.4, 0.5) is 0 Å². The highest BCUT2D eigenvalue weighted by Crippen LogP contribution is 2.38. The lowest BCUT2D eigenvalue weighted by atomic mass is 9.81. The molecule has 0 radical (unpaired) electrons. The minimum atomic E-state index is 0.511. The van der Waals surface area contributed by atoms with E-state index in [0.717, 1.165) is 28.0 Å². The molecule has 0 aliphatic heterocycles. The van der Waals surface area contributed by atoms with Crippen LogP contribution in [0.2, 0.25) is 0 Å². The summed E-state index contributed by atoms with van der Waals surface area (Å²) in [6.45, 7) is 2.28. The van der Waals surface area contributed by atoms with Crippen LogP contribution in [0.3, 0.4) is 0 Å². The summed E-state index contributed by atoms with van der Waals surface area (Å²) in [6, 6.07) is 2.49. The van der Waals surface area contributed by atoms with Gasteiger partial charge in [-0.3, -0.25) is 9.78 Å². The fraction of sp³-hybridized carbons (Fsp3) is 0.294. The molecule has 1 saturated carbocycles. The molecule has 1 fully saturated rings. The van der Waals surface area contributed by atoms with E-state index in [0.29, 0.717) is 12.0 Å². The number of fused-ring (bicyclic) bond motifs is 1. The third-order valence-electron chi connectivity index (χ3n) is 4.97. The van der Waals surface area contributed by atoms with E-state index in [1.807, 2.05) is 29.2 Å². The molecule has 7 nitrogen and oxygen atoms in total. The molecule has 5 rings (SSSR count). The van der Waals surface area contributed by atoms with Crippen molar-refractivity contribution in [1.82, 2.24) is 34.6 Å². The van der Waals surface area contributed by atoms with Gasteiger partial charge in [0, 0.05) is 23.5 Å². The van der Waals surface area contributed by atoms with Crippen molar-refractivity contribution in [3.63, 3.8) is 0 Å². The Balaban J connectivity index is 1.64. The van der Waals surface area contributed by atoms with Crippen LogP contribution in [0.15, 0.2) is 43.2 Å². The number of rotatable bonds is 3. The van der Waals surface area contributed by atoms with Gasteiger partial charge in [-0.2, -0.15) is 15.3 Å². The van der Waals surface area contributed by atoms with Gasteiger partial charge in [0.15, 0.2) is 0 Å². The van der Waals surface area contributed by atoms with Gasteiger partial charge < -0.3 is 0 Å². The average Bonchev–Trinajstić information content (AvgIpc) is 3.32. The lowest BCUT2D eigenvalue weighted by Gasteiger charge is -2.33. The molecule has 24 heavy (non-hydrogen) atoms. The Morgan fingerprint density at radius 3 is 2.83 bits per heavy atom. The van der Waals surface area contributed by atoms with Crippen LogP contribution in [0.25, 0.3) is 28.0 Å². The molecule has 1 N–H and O–H groups in total. The molecule has 2 atom stereocenters. The zero-order chi connectivity index (χ0) is 16.1. The van der Waals surface area contributed by atoms with Gasteiger partial charge in [0.1, 0.15) is 0 Å². The predicted octanol–water partition coefficient (Wildman–Crippen LogP) is 2.95. The lowest BCUT2D eigenvalue weighted by molar-refractivity contribution is 0.185. The van der Waals surface area contributed by atoms with Gasteiger partial charge in [0.25, 0.3) is 0 Å². The zero-order valence-corrected chi connectivity index (χ0v) is 13.3. The molecule has 4 aromatic rings. The highest BCUT2D eigenvalue weighted by atomic mass is 15.3. The van der Waals surface area contributed by atoms with Crippen molar-refractivity contribution >= 4 is 5.52 Å². The molecule has 4 heterocycles. The molecule has 1 aliphatic rings. The van der Waals surface area contributed by atoms with Crippen LogP contribution >= 0.6 is 0 Å². The zero-order valence-electron chi connectivity index (χ0n) is 13.3. The van der Waals surface area contributed by atoms with Crippen molar-refractivity contribution in [3.05, 3.63) is 43.2 Å². The number of nitrogens with zero attached hydrogens (tertiary/aromatic N) is 6. The van der Waals surface area contributed by atoms with Gasteiger partial charge in [0.2, 0.25) is 0 Å². The van der Waals surface area contributed by atoms with Crippen molar-refractivity contribution in [2.75, 3.05) is 0 Å². The second kappa shape index (κ2) is 5.02. The number of aromatic amines is 1. The number of nitrogens with one attached hydrogen (secondary N) is 1. The van der Waals surface area contributed by atoms with E-state index in [1.165, 1.54) is 12.8 Å². The van der Waals surface area contributed by atoms with Crippen LogP contribution in [0.1, 0.15) is 25.8 Å². The highest BCUT2D eigenvalue weighted by molar-refractivity contribution is 5.78. The summed E-state index contributed by atoms with van der Waals surface area (Å²) >= 11 is 0. The minimum Gasteiger partial charge on any atom is -0.285 e. The van der Waals surface area contributed by atoms with Gasteiger partial charge in [-0.25, -0.2) is 9.50 Å². The van der Waals surface area contributed by atoms with Crippen LogP contribution in [0.5, 0.6) is 0 Å². The molecule has 0 spiro atoms. The van der Waals surface area contributed by atoms with Crippen LogP contribution in [-0.2, 0) is 0 Å². The first-order valence-corrected chi connectivity index (χ1v) is 8.17. The topological polar surface area (TPSA) is 76.7 Å². The molecule has 1 aliphatic carbocycles. The summed E-state index contributed by atoms with van der Waals surface area (Å²) < 4.78 is 3.94. The maximum absolute atomic E-state index is 4.85. The Kier molecular flexibility index (Phi) is 2.82. The molecule has 4 aromatic heterocycles. The number of aromatic nitrogens is 7. The molecule has 0 amide bonds. The van der Waals surface area contributed by atoms with Crippen LogP contribution in [-0.4, -0.2) is 34.6 Å². The van der Waals surface area contributed by atoms with E-state index in [1.54, 1.807) is 12.4 Å².